The van der Waals surface area contributed by atoms with Gasteiger partial charge in [-0.1, -0.05) is 0 Å². The van der Waals surface area contributed by atoms with Crippen LogP contribution in [0.25, 0.3) is 0 Å². The molecule has 0 bridgehead atoms. The van der Waals surface area contributed by atoms with Gasteiger partial charge < -0.3 is 14.8 Å². The number of oxazole rings is 1. The average Bonchev–Trinajstić information content (AvgIpc) is 2.97. The van der Waals surface area contributed by atoms with Crippen molar-refractivity contribution in [1.29, 1.82) is 0 Å². The van der Waals surface area contributed by atoms with Crippen LogP contribution in [0.4, 0.5) is 0 Å². The summed E-state index contributed by atoms with van der Waals surface area (Å²) in [5, 5.41) is 11.5. The van der Waals surface area contributed by atoms with E-state index in [1.165, 1.54) is 0 Å². The summed E-state index contributed by atoms with van der Waals surface area (Å²) in [4.78, 5) is 26.6. The van der Waals surface area contributed by atoms with E-state index in [2.05, 4.69) is 10.3 Å². The molecule has 0 spiro atoms. The molecule has 0 atom stereocenters. The van der Waals surface area contributed by atoms with Crippen molar-refractivity contribution in [2.24, 2.45) is 5.41 Å². The smallest absolute Gasteiger partial charge is 0.311 e. The van der Waals surface area contributed by atoms with Gasteiger partial charge in [0.15, 0.2) is 5.89 Å². The van der Waals surface area contributed by atoms with Crippen LogP contribution in [0.5, 0.6) is 0 Å². The molecule has 1 aromatic heterocycles. The third-order valence-electron chi connectivity index (χ3n) is 3.00. The number of hydrogen-bond acceptors (Lipinski definition) is 4. The summed E-state index contributed by atoms with van der Waals surface area (Å²) in [7, 11) is 0. The van der Waals surface area contributed by atoms with Gasteiger partial charge in [0.25, 0.3) is 5.91 Å². The molecule has 1 saturated carbocycles. The number of nitrogens with one attached hydrogen (secondary N) is 1. The molecule has 6 heteroatoms. The van der Waals surface area contributed by atoms with Crippen LogP contribution in [-0.4, -0.2) is 28.5 Å². The molecule has 0 aliphatic heterocycles. The molecule has 1 aliphatic carbocycles. The Kier molecular flexibility index (Phi) is 2.65. The van der Waals surface area contributed by atoms with Gasteiger partial charge in [0.2, 0.25) is 5.76 Å². The molecule has 17 heavy (non-hydrogen) atoms. The number of aromatic nitrogens is 1. The molecule has 6 nitrogen and oxygen atoms in total. The third kappa shape index (κ3) is 2.15. The molecule has 1 amide bonds. The van der Waals surface area contributed by atoms with E-state index < -0.39 is 17.3 Å². The minimum atomic E-state index is -0.858. The molecule has 0 radical (unpaired) electrons. The Morgan fingerprint density at radius 2 is 2.12 bits per heavy atom. The first-order valence-electron chi connectivity index (χ1n) is 5.40. The van der Waals surface area contributed by atoms with E-state index in [1.807, 2.05) is 0 Å². The summed E-state index contributed by atoms with van der Waals surface area (Å²) in [6.07, 6.45) is 1.22. The Hall–Kier alpha value is -1.85. The van der Waals surface area contributed by atoms with E-state index in [9.17, 15) is 9.59 Å². The van der Waals surface area contributed by atoms with Gasteiger partial charge in [-0.05, 0) is 19.8 Å². The molecule has 0 aromatic carbocycles. The number of carbonyl (C=O) groups excluding carboxylic acids is 1. The lowest BCUT2D eigenvalue weighted by Crippen LogP contribution is -2.34. The van der Waals surface area contributed by atoms with E-state index in [0.717, 1.165) is 0 Å². The molecule has 1 fully saturated rings. The number of aliphatic carboxylic acids is 1. The predicted octanol–water partition coefficient (Wildman–Crippen LogP) is 0.886. The summed E-state index contributed by atoms with van der Waals surface area (Å²) >= 11 is 0. The van der Waals surface area contributed by atoms with Crippen molar-refractivity contribution in [1.82, 2.24) is 10.3 Å². The number of amides is 1. The summed E-state index contributed by atoms with van der Waals surface area (Å²) < 4.78 is 5.15. The summed E-state index contributed by atoms with van der Waals surface area (Å²) in [6.45, 7) is 3.47. The zero-order chi connectivity index (χ0) is 12.6. The van der Waals surface area contributed by atoms with Crippen LogP contribution in [0.15, 0.2) is 4.42 Å². The number of rotatable bonds is 4. The predicted molar refractivity (Wildman–Crippen MR) is 57.6 cm³/mol. The fraction of sp³-hybridized carbons (Fsp3) is 0.545. The summed E-state index contributed by atoms with van der Waals surface area (Å²) in [5.41, 5.74) is -0.251. The molecular weight excluding hydrogens is 224 g/mol. The highest BCUT2D eigenvalue weighted by Gasteiger charge is 2.50. The van der Waals surface area contributed by atoms with Crippen LogP contribution < -0.4 is 5.32 Å². The van der Waals surface area contributed by atoms with Gasteiger partial charge in [0, 0.05) is 13.5 Å². The maximum atomic E-state index is 11.7. The van der Waals surface area contributed by atoms with E-state index in [0.29, 0.717) is 24.4 Å². The van der Waals surface area contributed by atoms with Gasteiger partial charge in [-0.15, -0.1) is 0 Å². The van der Waals surface area contributed by atoms with Gasteiger partial charge in [0.05, 0.1) is 11.1 Å². The minimum absolute atomic E-state index is 0.139. The zero-order valence-corrected chi connectivity index (χ0v) is 9.74. The van der Waals surface area contributed by atoms with Crippen LogP contribution in [-0.2, 0) is 4.79 Å². The number of carbonyl (C=O) groups is 2. The van der Waals surface area contributed by atoms with Gasteiger partial charge in [-0.3, -0.25) is 9.59 Å². The number of carboxylic acids is 1. The van der Waals surface area contributed by atoms with Gasteiger partial charge in [-0.2, -0.15) is 0 Å². The monoisotopic (exact) mass is 238 g/mol. The number of carboxylic acid groups (broad SMARTS) is 1. The second kappa shape index (κ2) is 3.87. The molecule has 1 aromatic rings. The Morgan fingerprint density at radius 3 is 2.53 bits per heavy atom. The standard InChI is InChI=1S/C11H14N2O4/c1-6-8(17-7(2)13-6)9(14)12-5-11(3-4-11)10(15)16/h3-5H2,1-2H3,(H,12,14)(H,15,16). The molecule has 92 valence electrons. The van der Waals surface area contributed by atoms with Crippen LogP contribution in [0.3, 0.4) is 0 Å². The van der Waals surface area contributed by atoms with Gasteiger partial charge >= 0.3 is 5.97 Å². The van der Waals surface area contributed by atoms with Crippen molar-refractivity contribution in [3.63, 3.8) is 0 Å². The number of nitrogens with zero attached hydrogens (tertiary/aromatic N) is 1. The van der Waals surface area contributed by atoms with Crippen molar-refractivity contribution < 1.29 is 19.1 Å². The third-order valence-corrected chi connectivity index (χ3v) is 3.00. The van der Waals surface area contributed by atoms with Crippen molar-refractivity contribution in [2.45, 2.75) is 26.7 Å². The van der Waals surface area contributed by atoms with E-state index >= 15 is 0 Å². The van der Waals surface area contributed by atoms with Gasteiger partial charge in [0.1, 0.15) is 0 Å². The highest BCUT2D eigenvalue weighted by atomic mass is 16.4. The molecule has 2 rings (SSSR count). The summed E-state index contributed by atoms with van der Waals surface area (Å²) in [6, 6.07) is 0. The van der Waals surface area contributed by atoms with Crippen LogP contribution in [0.1, 0.15) is 35.0 Å². The van der Waals surface area contributed by atoms with E-state index in [1.54, 1.807) is 13.8 Å². The normalized spacial score (nSPS) is 16.6. The van der Waals surface area contributed by atoms with Crippen molar-refractivity contribution in [3.05, 3.63) is 17.3 Å². The largest absolute Gasteiger partial charge is 0.481 e. The van der Waals surface area contributed by atoms with Crippen LogP contribution in [0.2, 0.25) is 0 Å². The highest BCUT2D eigenvalue weighted by Crippen LogP contribution is 2.45. The minimum Gasteiger partial charge on any atom is -0.481 e. The van der Waals surface area contributed by atoms with E-state index in [-0.39, 0.29) is 12.3 Å². The van der Waals surface area contributed by atoms with Crippen LogP contribution >= 0.6 is 0 Å². The van der Waals surface area contributed by atoms with Crippen LogP contribution in [0, 0.1) is 19.3 Å². The molecule has 1 aliphatic rings. The molecule has 2 N–H and O–H groups in total. The molecule has 1 heterocycles. The maximum Gasteiger partial charge on any atom is 0.311 e. The second-order valence-electron chi connectivity index (χ2n) is 4.42. The molecular formula is C11H14N2O4. The van der Waals surface area contributed by atoms with E-state index in [4.69, 9.17) is 9.52 Å². The average molecular weight is 238 g/mol. The number of aryl methyl sites for hydroxylation is 2. The summed E-state index contributed by atoms with van der Waals surface area (Å²) in [5.74, 6) is -0.686. The van der Waals surface area contributed by atoms with Gasteiger partial charge in [-0.25, -0.2) is 4.98 Å². The SMILES string of the molecule is Cc1nc(C)c(C(=O)NCC2(C(=O)O)CC2)o1. The highest BCUT2D eigenvalue weighted by molar-refractivity contribution is 5.93. The Bertz CT molecular complexity index is 474. The Balaban J connectivity index is 1.99. The van der Waals surface area contributed by atoms with Crippen molar-refractivity contribution >= 4 is 11.9 Å². The molecule has 0 unspecified atom stereocenters. The molecule has 0 saturated heterocycles. The number of hydrogen-bond donors (Lipinski definition) is 2. The lowest BCUT2D eigenvalue weighted by molar-refractivity contribution is -0.143. The fourth-order valence-corrected chi connectivity index (χ4v) is 1.69. The Morgan fingerprint density at radius 1 is 1.47 bits per heavy atom. The lowest BCUT2D eigenvalue weighted by atomic mass is 10.1. The van der Waals surface area contributed by atoms with Crippen molar-refractivity contribution in [2.75, 3.05) is 6.54 Å². The zero-order valence-electron chi connectivity index (χ0n) is 9.74. The first kappa shape index (κ1) is 11.6. The first-order valence-corrected chi connectivity index (χ1v) is 5.40. The lowest BCUT2D eigenvalue weighted by Gasteiger charge is -2.09. The fourth-order valence-electron chi connectivity index (χ4n) is 1.69. The topological polar surface area (TPSA) is 92.4 Å². The second-order valence-corrected chi connectivity index (χ2v) is 4.42. The Labute approximate surface area is 98.0 Å². The quantitative estimate of drug-likeness (QED) is 0.812. The first-order chi connectivity index (χ1) is 7.94. The maximum absolute atomic E-state index is 11.7. The van der Waals surface area contributed by atoms with Crippen molar-refractivity contribution in [3.8, 4) is 0 Å².